The average molecular weight is 236 g/mol. The van der Waals surface area contributed by atoms with E-state index in [2.05, 4.69) is 10.6 Å². The molecule has 6 unspecified atom stereocenters. The highest BCUT2D eigenvalue weighted by atomic mass is 16.5. The summed E-state index contributed by atoms with van der Waals surface area (Å²) in [5.41, 5.74) is 0. The zero-order valence-electron chi connectivity index (χ0n) is 10.0. The molecular weight excluding hydrogens is 216 g/mol. The van der Waals surface area contributed by atoms with Gasteiger partial charge in [0.1, 0.15) is 0 Å². The third kappa shape index (κ3) is 1.61. The molecular formula is C13H20N2O2. The molecule has 2 N–H and O–H groups in total. The first-order valence-corrected chi connectivity index (χ1v) is 7.01. The number of amides is 1. The predicted molar refractivity (Wildman–Crippen MR) is 62.5 cm³/mol. The topological polar surface area (TPSA) is 50.4 Å². The lowest BCUT2D eigenvalue weighted by atomic mass is 9.87. The van der Waals surface area contributed by atoms with E-state index in [4.69, 9.17) is 4.74 Å². The molecule has 0 saturated carbocycles. The van der Waals surface area contributed by atoms with Gasteiger partial charge in [-0.1, -0.05) is 0 Å². The van der Waals surface area contributed by atoms with Gasteiger partial charge in [-0.25, -0.2) is 0 Å². The van der Waals surface area contributed by atoms with E-state index in [1.54, 1.807) is 0 Å². The molecule has 17 heavy (non-hydrogen) atoms. The molecule has 0 aromatic carbocycles. The van der Waals surface area contributed by atoms with Crippen LogP contribution < -0.4 is 10.6 Å². The van der Waals surface area contributed by atoms with Crippen LogP contribution in [0.15, 0.2) is 0 Å². The average Bonchev–Trinajstić information content (AvgIpc) is 3.08. The van der Waals surface area contributed by atoms with Crippen LogP contribution in [0.1, 0.15) is 38.5 Å². The van der Waals surface area contributed by atoms with Crippen molar-refractivity contribution < 1.29 is 9.53 Å². The summed E-state index contributed by atoms with van der Waals surface area (Å²) in [4.78, 5) is 12.3. The highest BCUT2D eigenvalue weighted by Gasteiger charge is 2.46. The predicted octanol–water partition coefficient (Wildman–Crippen LogP) is 0.563. The molecule has 4 heterocycles. The number of nitrogens with one attached hydrogen (secondary N) is 2. The summed E-state index contributed by atoms with van der Waals surface area (Å²) in [6, 6.07) is 1.34. The van der Waals surface area contributed by atoms with Gasteiger partial charge in [-0.3, -0.25) is 4.79 Å². The lowest BCUT2D eigenvalue weighted by Crippen LogP contribution is -2.46. The number of hydrogen-bond acceptors (Lipinski definition) is 3. The van der Waals surface area contributed by atoms with E-state index in [0.717, 1.165) is 19.3 Å². The van der Waals surface area contributed by atoms with Crippen LogP contribution in [-0.2, 0) is 9.53 Å². The number of carbonyl (C=O) groups is 1. The summed E-state index contributed by atoms with van der Waals surface area (Å²) in [7, 11) is 0. The number of fused-ring (bicyclic) bond motifs is 4. The number of hydrogen-bond donors (Lipinski definition) is 2. The van der Waals surface area contributed by atoms with Gasteiger partial charge in [0, 0.05) is 12.1 Å². The summed E-state index contributed by atoms with van der Waals surface area (Å²) >= 11 is 0. The molecule has 1 amide bonds. The highest BCUT2D eigenvalue weighted by molar-refractivity contribution is 5.80. The molecule has 4 fully saturated rings. The standard InChI is InChI=1S/C13H20N2O2/c16-13(9-5-7-1-3-10(9)14-7)15-11-6-8-2-4-12(11)17-8/h7-12,14H,1-6H2,(H,15,16). The second-order valence-corrected chi connectivity index (χ2v) is 6.11. The van der Waals surface area contributed by atoms with Gasteiger partial charge in [0.15, 0.2) is 0 Å². The van der Waals surface area contributed by atoms with E-state index in [1.165, 1.54) is 19.3 Å². The molecule has 0 aromatic rings. The second kappa shape index (κ2) is 3.69. The number of rotatable bonds is 2. The highest BCUT2D eigenvalue weighted by Crippen LogP contribution is 2.36. The molecule has 4 aliphatic rings. The van der Waals surface area contributed by atoms with Crippen LogP contribution in [-0.4, -0.2) is 36.2 Å². The van der Waals surface area contributed by atoms with Crippen molar-refractivity contribution in [2.75, 3.05) is 0 Å². The molecule has 94 valence electrons. The Balaban J connectivity index is 1.38. The lowest BCUT2D eigenvalue weighted by Gasteiger charge is -2.25. The van der Waals surface area contributed by atoms with Crippen LogP contribution in [0.2, 0.25) is 0 Å². The maximum Gasteiger partial charge on any atom is 0.225 e. The van der Waals surface area contributed by atoms with Crippen molar-refractivity contribution in [3.8, 4) is 0 Å². The fourth-order valence-electron chi connectivity index (χ4n) is 4.19. The molecule has 0 radical (unpaired) electrons. The van der Waals surface area contributed by atoms with Crippen molar-refractivity contribution >= 4 is 5.91 Å². The molecule has 0 aromatic heterocycles. The van der Waals surface area contributed by atoms with Gasteiger partial charge in [-0.2, -0.15) is 0 Å². The molecule has 0 aliphatic carbocycles. The Kier molecular flexibility index (Phi) is 2.24. The maximum atomic E-state index is 12.3. The Morgan fingerprint density at radius 2 is 2.12 bits per heavy atom. The van der Waals surface area contributed by atoms with Gasteiger partial charge < -0.3 is 15.4 Å². The molecule has 4 bridgehead atoms. The zero-order chi connectivity index (χ0) is 11.4. The summed E-state index contributed by atoms with van der Waals surface area (Å²) in [6.07, 6.45) is 7.54. The largest absolute Gasteiger partial charge is 0.373 e. The quantitative estimate of drug-likeness (QED) is 0.736. The second-order valence-electron chi connectivity index (χ2n) is 6.11. The minimum atomic E-state index is 0.216. The first kappa shape index (κ1) is 10.3. The van der Waals surface area contributed by atoms with E-state index in [9.17, 15) is 4.79 Å². The Bertz CT molecular complexity index is 346. The van der Waals surface area contributed by atoms with Gasteiger partial charge in [-0.05, 0) is 38.5 Å². The van der Waals surface area contributed by atoms with E-state index < -0.39 is 0 Å². The van der Waals surface area contributed by atoms with E-state index >= 15 is 0 Å². The summed E-state index contributed by atoms with van der Waals surface area (Å²) in [5.74, 6) is 0.485. The van der Waals surface area contributed by atoms with Crippen LogP contribution in [0.25, 0.3) is 0 Å². The fraction of sp³-hybridized carbons (Fsp3) is 0.923. The van der Waals surface area contributed by atoms with Crippen LogP contribution in [0.5, 0.6) is 0 Å². The molecule has 4 rings (SSSR count). The minimum Gasteiger partial charge on any atom is -0.373 e. The minimum absolute atomic E-state index is 0.216. The van der Waals surface area contributed by atoms with Gasteiger partial charge in [0.25, 0.3) is 0 Å². The Morgan fingerprint density at radius 1 is 1.18 bits per heavy atom. The molecule has 6 atom stereocenters. The normalized spacial score (nSPS) is 51.1. The maximum absolute atomic E-state index is 12.3. The first-order chi connectivity index (χ1) is 8.29. The molecule has 4 aliphatic heterocycles. The van der Waals surface area contributed by atoms with Crippen molar-refractivity contribution in [2.45, 2.75) is 68.9 Å². The van der Waals surface area contributed by atoms with Gasteiger partial charge >= 0.3 is 0 Å². The van der Waals surface area contributed by atoms with Crippen molar-refractivity contribution in [3.05, 3.63) is 0 Å². The van der Waals surface area contributed by atoms with Crippen LogP contribution >= 0.6 is 0 Å². The van der Waals surface area contributed by atoms with Gasteiger partial charge in [-0.15, -0.1) is 0 Å². The smallest absolute Gasteiger partial charge is 0.225 e. The van der Waals surface area contributed by atoms with E-state index in [1.807, 2.05) is 0 Å². The first-order valence-electron chi connectivity index (χ1n) is 7.01. The van der Waals surface area contributed by atoms with E-state index in [-0.39, 0.29) is 11.8 Å². The van der Waals surface area contributed by atoms with Crippen molar-refractivity contribution in [2.24, 2.45) is 5.92 Å². The number of ether oxygens (including phenoxy) is 1. The Hall–Kier alpha value is -0.610. The Labute approximate surface area is 101 Å². The molecule has 4 nitrogen and oxygen atoms in total. The molecule has 0 spiro atoms. The third-order valence-corrected chi connectivity index (χ3v) is 5.07. The monoisotopic (exact) mass is 236 g/mol. The van der Waals surface area contributed by atoms with Crippen molar-refractivity contribution in [1.82, 2.24) is 10.6 Å². The SMILES string of the molecule is O=C(NC1CC2CCC1O2)C1CC2CCC1N2. The van der Waals surface area contributed by atoms with Gasteiger partial charge in [0.05, 0.1) is 24.2 Å². The Morgan fingerprint density at radius 3 is 2.71 bits per heavy atom. The summed E-state index contributed by atoms with van der Waals surface area (Å²) in [5, 5.41) is 6.76. The van der Waals surface area contributed by atoms with Crippen LogP contribution in [0.4, 0.5) is 0 Å². The molecule has 4 saturated heterocycles. The summed E-state index contributed by atoms with van der Waals surface area (Å²) in [6.45, 7) is 0. The van der Waals surface area contributed by atoms with Crippen LogP contribution in [0, 0.1) is 5.92 Å². The summed E-state index contributed by atoms with van der Waals surface area (Å²) < 4.78 is 5.78. The van der Waals surface area contributed by atoms with Crippen molar-refractivity contribution in [1.29, 1.82) is 0 Å². The third-order valence-electron chi connectivity index (χ3n) is 5.07. The zero-order valence-corrected chi connectivity index (χ0v) is 10.0. The fourth-order valence-corrected chi connectivity index (χ4v) is 4.19. The lowest BCUT2D eigenvalue weighted by molar-refractivity contribution is -0.126. The van der Waals surface area contributed by atoms with Gasteiger partial charge in [0.2, 0.25) is 5.91 Å². The van der Waals surface area contributed by atoms with Crippen LogP contribution in [0.3, 0.4) is 0 Å². The number of carbonyl (C=O) groups excluding carboxylic acids is 1. The molecule has 4 heteroatoms. The van der Waals surface area contributed by atoms with Crippen molar-refractivity contribution in [3.63, 3.8) is 0 Å². The van der Waals surface area contributed by atoms with E-state index in [0.29, 0.717) is 30.3 Å².